The summed E-state index contributed by atoms with van der Waals surface area (Å²) in [5, 5.41) is 12.7. The maximum Gasteiger partial charge on any atom is 0.251 e. The number of carbonyl (C=O) groups is 1. The van der Waals surface area contributed by atoms with Crippen LogP contribution in [0.5, 0.6) is 0 Å². The average Bonchev–Trinajstić information content (AvgIpc) is 2.38. The molecule has 2 N–H and O–H groups in total. The molecular weight excluding hydrogens is 261 g/mol. The van der Waals surface area contributed by atoms with Gasteiger partial charge < -0.3 is 15.2 Å². The van der Waals surface area contributed by atoms with Crippen molar-refractivity contribution in [1.29, 1.82) is 0 Å². The molecule has 0 aliphatic carbocycles. The first-order chi connectivity index (χ1) is 9.27. The standard InChI is InChI=1S/C15H22FNO3/c1-10(2)15(3,19)9-17-14(18)11-5-6-13(16)12(7-11)8-20-4/h5-7,10,19H,8-9H2,1-4H3,(H,17,18). The molecule has 1 amide bonds. The number of carbonyl (C=O) groups excluding carboxylic acids is 1. The van der Waals surface area contributed by atoms with E-state index in [1.165, 1.54) is 25.3 Å². The first-order valence-electron chi connectivity index (χ1n) is 6.56. The molecule has 20 heavy (non-hydrogen) atoms. The van der Waals surface area contributed by atoms with Gasteiger partial charge in [-0.3, -0.25) is 4.79 Å². The van der Waals surface area contributed by atoms with Crippen LogP contribution >= 0.6 is 0 Å². The van der Waals surface area contributed by atoms with Crippen molar-refractivity contribution in [2.75, 3.05) is 13.7 Å². The van der Waals surface area contributed by atoms with Crippen LogP contribution in [-0.4, -0.2) is 30.3 Å². The molecule has 0 aliphatic heterocycles. The maximum atomic E-state index is 13.4. The van der Waals surface area contributed by atoms with Crippen molar-refractivity contribution in [1.82, 2.24) is 5.32 Å². The van der Waals surface area contributed by atoms with E-state index in [0.717, 1.165) is 0 Å². The molecule has 1 rings (SSSR count). The van der Waals surface area contributed by atoms with Crippen molar-refractivity contribution in [2.24, 2.45) is 5.92 Å². The van der Waals surface area contributed by atoms with E-state index in [1.54, 1.807) is 6.92 Å². The lowest BCUT2D eigenvalue weighted by Crippen LogP contribution is -2.44. The molecule has 1 unspecified atom stereocenters. The largest absolute Gasteiger partial charge is 0.388 e. The fraction of sp³-hybridized carbons (Fsp3) is 0.533. The molecule has 0 spiro atoms. The van der Waals surface area contributed by atoms with Crippen LogP contribution in [0.3, 0.4) is 0 Å². The molecule has 0 bridgehead atoms. The van der Waals surface area contributed by atoms with Gasteiger partial charge in [0.15, 0.2) is 0 Å². The van der Waals surface area contributed by atoms with E-state index in [4.69, 9.17) is 4.74 Å². The molecule has 0 saturated carbocycles. The third-order valence-corrected chi connectivity index (χ3v) is 3.46. The van der Waals surface area contributed by atoms with Gasteiger partial charge in [0.1, 0.15) is 5.82 Å². The number of hydrogen-bond donors (Lipinski definition) is 2. The zero-order valence-corrected chi connectivity index (χ0v) is 12.4. The van der Waals surface area contributed by atoms with Gasteiger partial charge in [0.25, 0.3) is 5.91 Å². The van der Waals surface area contributed by atoms with Crippen LogP contribution < -0.4 is 5.32 Å². The lowest BCUT2D eigenvalue weighted by atomic mass is 9.92. The van der Waals surface area contributed by atoms with Gasteiger partial charge in [0, 0.05) is 24.8 Å². The Morgan fingerprint density at radius 1 is 1.50 bits per heavy atom. The number of benzene rings is 1. The van der Waals surface area contributed by atoms with Crippen LogP contribution in [0.2, 0.25) is 0 Å². The van der Waals surface area contributed by atoms with Crippen molar-refractivity contribution < 1.29 is 19.0 Å². The van der Waals surface area contributed by atoms with Crippen molar-refractivity contribution in [2.45, 2.75) is 33.0 Å². The molecule has 0 aliphatic rings. The van der Waals surface area contributed by atoms with Gasteiger partial charge in [-0.2, -0.15) is 0 Å². The summed E-state index contributed by atoms with van der Waals surface area (Å²) in [6, 6.07) is 4.11. The quantitative estimate of drug-likeness (QED) is 0.840. The smallest absolute Gasteiger partial charge is 0.251 e. The molecule has 0 saturated heterocycles. The molecule has 0 aromatic heterocycles. The van der Waals surface area contributed by atoms with E-state index >= 15 is 0 Å². The third-order valence-electron chi connectivity index (χ3n) is 3.46. The van der Waals surface area contributed by atoms with Gasteiger partial charge in [-0.1, -0.05) is 13.8 Å². The summed E-state index contributed by atoms with van der Waals surface area (Å²) in [6.07, 6.45) is 0. The summed E-state index contributed by atoms with van der Waals surface area (Å²) < 4.78 is 18.3. The summed E-state index contributed by atoms with van der Waals surface area (Å²) in [5.41, 5.74) is -0.306. The van der Waals surface area contributed by atoms with Crippen molar-refractivity contribution in [3.8, 4) is 0 Å². The SMILES string of the molecule is COCc1cc(C(=O)NCC(C)(O)C(C)C)ccc1F. The minimum Gasteiger partial charge on any atom is -0.388 e. The van der Waals surface area contributed by atoms with Gasteiger partial charge in [0.2, 0.25) is 0 Å². The van der Waals surface area contributed by atoms with Crippen LogP contribution in [0.25, 0.3) is 0 Å². The molecule has 1 aromatic rings. The second-order valence-corrected chi connectivity index (χ2v) is 5.43. The number of nitrogens with one attached hydrogen (secondary N) is 1. The highest BCUT2D eigenvalue weighted by Crippen LogP contribution is 2.15. The van der Waals surface area contributed by atoms with E-state index in [1.807, 2.05) is 13.8 Å². The van der Waals surface area contributed by atoms with Gasteiger partial charge >= 0.3 is 0 Å². The molecule has 5 heteroatoms. The van der Waals surface area contributed by atoms with Crippen LogP contribution in [0.15, 0.2) is 18.2 Å². The molecular formula is C15H22FNO3. The van der Waals surface area contributed by atoms with Crippen LogP contribution in [-0.2, 0) is 11.3 Å². The fourth-order valence-corrected chi connectivity index (χ4v) is 1.55. The van der Waals surface area contributed by atoms with E-state index < -0.39 is 11.4 Å². The molecule has 0 fully saturated rings. The van der Waals surface area contributed by atoms with Gasteiger partial charge in [0.05, 0.1) is 12.2 Å². The average molecular weight is 283 g/mol. The zero-order valence-electron chi connectivity index (χ0n) is 12.4. The summed E-state index contributed by atoms with van der Waals surface area (Å²) in [7, 11) is 1.46. The first-order valence-corrected chi connectivity index (χ1v) is 6.56. The zero-order chi connectivity index (χ0) is 15.3. The Morgan fingerprint density at radius 3 is 2.70 bits per heavy atom. The number of halogens is 1. The number of amides is 1. The number of rotatable bonds is 6. The Morgan fingerprint density at radius 2 is 2.15 bits per heavy atom. The highest BCUT2D eigenvalue weighted by atomic mass is 19.1. The monoisotopic (exact) mass is 283 g/mol. The topological polar surface area (TPSA) is 58.6 Å². The van der Waals surface area contributed by atoms with Gasteiger partial charge in [-0.25, -0.2) is 4.39 Å². The third kappa shape index (κ3) is 4.28. The number of hydrogen-bond acceptors (Lipinski definition) is 3. The van der Waals surface area contributed by atoms with Crippen molar-refractivity contribution >= 4 is 5.91 Å². The lowest BCUT2D eigenvalue weighted by Gasteiger charge is -2.27. The second-order valence-electron chi connectivity index (χ2n) is 5.43. The van der Waals surface area contributed by atoms with E-state index in [-0.39, 0.29) is 25.0 Å². The number of ether oxygens (including phenoxy) is 1. The van der Waals surface area contributed by atoms with Crippen LogP contribution in [0.4, 0.5) is 4.39 Å². The maximum absolute atomic E-state index is 13.4. The minimum atomic E-state index is -0.981. The number of aliphatic hydroxyl groups is 1. The van der Waals surface area contributed by atoms with E-state index in [0.29, 0.717) is 11.1 Å². The molecule has 1 atom stereocenters. The summed E-state index contributed by atoms with van der Waals surface area (Å²) in [5.74, 6) is -0.735. The predicted octanol–water partition coefficient (Wildman–Crippen LogP) is 2.11. The molecule has 0 heterocycles. The fourth-order valence-electron chi connectivity index (χ4n) is 1.55. The molecule has 0 radical (unpaired) electrons. The molecule has 4 nitrogen and oxygen atoms in total. The van der Waals surface area contributed by atoms with E-state index in [2.05, 4.69) is 5.32 Å². The Labute approximate surface area is 119 Å². The predicted molar refractivity (Wildman–Crippen MR) is 74.9 cm³/mol. The highest BCUT2D eigenvalue weighted by molar-refractivity contribution is 5.94. The van der Waals surface area contributed by atoms with Gasteiger partial charge in [-0.05, 0) is 31.0 Å². The Kier molecular flexibility index (Phi) is 5.65. The summed E-state index contributed by atoms with van der Waals surface area (Å²) in [6.45, 7) is 5.66. The number of methoxy groups -OCH3 is 1. The first kappa shape index (κ1) is 16.6. The normalized spacial score (nSPS) is 14.2. The van der Waals surface area contributed by atoms with Gasteiger partial charge in [-0.15, -0.1) is 0 Å². The Balaban J connectivity index is 2.75. The van der Waals surface area contributed by atoms with Crippen molar-refractivity contribution in [3.05, 3.63) is 35.1 Å². The second kappa shape index (κ2) is 6.81. The van der Waals surface area contributed by atoms with Crippen molar-refractivity contribution in [3.63, 3.8) is 0 Å². The summed E-state index contributed by atoms with van der Waals surface area (Å²) >= 11 is 0. The Hall–Kier alpha value is -1.46. The minimum absolute atomic E-state index is 0.0140. The Bertz CT molecular complexity index is 472. The summed E-state index contributed by atoms with van der Waals surface area (Å²) in [4.78, 5) is 12.0. The molecule has 1 aromatic carbocycles. The highest BCUT2D eigenvalue weighted by Gasteiger charge is 2.25. The van der Waals surface area contributed by atoms with Crippen LogP contribution in [0, 0.1) is 11.7 Å². The molecule has 112 valence electrons. The van der Waals surface area contributed by atoms with Crippen LogP contribution in [0.1, 0.15) is 36.7 Å². The lowest BCUT2D eigenvalue weighted by molar-refractivity contribution is 0.0142. The van der Waals surface area contributed by atoms with E-state index in [9.17, 15) is 14.3 Å².